The minimum atomic E-state index is -0.0850. The summed E-state index contributed by atoms with van der Waals surface area (Å²) in [6, 6.07) is 0.206. The Kier molecular flexibility index (Phi) is 5.45. The second kappa shape index (κ2) is 7.10. The quantitative estimate of drug-likeness (QED) is 0.772. The molecule has 0 aromatic heterocycles. The number of carbonyl (C=O) groups excluding carboxylic acids is 1. The summed E-state index contributed by atoms with van der Waals surface area (Å²) in [7, 11) is 0. The summed E-state index contributed by atoms with van der Waals surface area (Å²) < 4.78 is 10.9. The van der Waals surface area contributed by atoms with Gasteiger partial charge in [0.05, 0.1) is 25.4 Å². The third kappa shape index (κ3) is 4.66. The predicted molar refractivity (Wildman–Crippen MR) is 73.1 cm³/mol. The molecule has 1 saturated heterocycles. The van der Waals surface area contributed by atoms with Gasteiger partial charge in [0, 0.05) is 12.6 Å². The largest absolute Gasteiger partial charge is 0.379 e. The van der Waals surface area contributed by atoms with E-state index in [1.54, 1.807) is 0 Å². The lowest BCUT2D eigenvalue weighted by atomic mass is 9.80. The molecule has 2 rings (SSSR count). The minimum absolute atomic E-state index is 0.0224. The molecule has 0 spiro atoms. The van der Waals surface area contributed by atoms with Crippen LogP contribution in [0.1, 0.15) is 39.5 Å². The molecule has 2 fully saturated rings. The van der Waals surface area contributed by atoms with E-state index in [0.717, 1.165) is 13.0 Å². The Bertz CT molecular complexity index is 288. The van der Waals surface area contributed by atoms with E-state index in [4.69, 9.17) is 9.47 Å². The van der Waals surface area contributed by atoms with Crippen molar-refractivity contribution < 1.29 is 14.3 Å². The lowest BCUT2D eigenvalue weighted by molar-refractivity contribution is 0.0337. The van der Waals surface area contributed by atoms with E-state index in [1.807, 2.05) is 6.92 Å². The zero-order valence-corrected chi connectivity index (χ0v) is 12.0. The molecule has 1 heterocycles. The molecule has 5 heteroatoms. The molecule has 0 radical (unpaired) electrons. The van der Waals surface area contributed by atoms with Gasteiger partial charge in [-0.05, 0) is 39.0 Å². The van der Waals surface area contributed by atoms with Gasteiger partial charge in [0.1, 0.15) is 0 Å². The molecule has 1 saturated carbocycles. The van der Waals surface area contributed by atoms with Crippen LogP contribution in [-0.2, 0) is 9.47 Å². The number of hydrogen-bond acceptors (Lipinski definition) is 3. The zero-order valence-electron chi connectivity index (χ0n) is 12.0. The van der Waals surface area contributed by atoms with Crippen LogP contribution in [0.5, 0.6) is 0 Å². The second-order valence-corrected chi connectivity index (χ2v) is 5.82. The fraction of sp³-hybridized carbons (Fsp3) is 0.929. The molecule has 0 bridgehead atoms. The van der Waals surface area contributed by atoms with E-state index < -0.39 is 0 Å². The summed E-state index contributed by atoms with van der Waals surface area (Å²) in [5.41, 5.74) is 0. The zero-order chi connectivity index (χ0) is 13.7. The number of ether oxygens (including phenoxy) is 2. The normalized spacial score (nSPS) is 26.5. The SMILES string of the molecule is C[C@H](CO[C@H]1CCOC1)NC(=O)N[C@H](C)C1CCC1. The van der Waals surface area contributed by atoms with E-state index in [0.29, 0.717) is 19.1 Å². The number of urea groups is 1. The first-order valence-electron chi connectivity index (χ1n) is 7.41. The number of rotatable bonds is 6. The van der Waals surface area contributed by atoms with Crippen molar-refractivity contribution in [3.05, 3.63) is 0 Å². The lowest BCUT2D eigenvalue weighted by Gasteiger charge is -2.32. The fourth-order valence-corrected chi connectivity index (χ4v) is 2.50. The summed E-state index contributed by atoms with van der Waals surface area (Å²) in [6.07, 6.45) is 4.92. The molecule has 0 aromatic rings. The van der Waals surface area contributed by atoms with Crippen molar-refractivity contribution in [3.63, 3.8) is 0 Å². The standard InChI is InChI=1S/C14H26N2O3/c1-10(8-19-13-6-7-18-9-13)15-14(17)16-11(2)12-4-3-5-12/h10-13H,3-9H2,1-2H3,(H2,15,16,17)/t10-,11-,13+/m1/s1. The first kappa shape index (κ1) is 14.6. The van der Waals surface area contributed by atoms with E-state index in [2.05, 4.69) is 17.6 Å². The third-order valence-corrected chi connectivity index (χ3v) is 4.06. The highest BCUT2D eigenvalue weighted by molar-refractivity contribution is 5.74. The number of amides is 2. The Labute approximate surface area is 115 Å². The minimum Gasteiger partial charge on any atom is -0.379 e. The maximum Gasteiger partial charge on any atom is 0.315 e. The van der Waals surface area contributed by atoms with Gasteiger partial charge in [-0.25, -0.2) is 4.79 Å². The molecule has 19 heavy (non-hydrogen) atoms. The van der Waals surface area contributed by atoms with Crippen LogP contribution in [0.25, 0.3) is 0 Å². The Balaban J connectivity index is 1.57. The highest BCUT2D eigenvalue weighted by Gasteiger charge is 2.25. The van der Waals surface area contributed by atoms with Crippen LogP contribution in [0.3, 0.4) is 0 Å². The van der Waals surface area contributed by atoms with E-state index in [1.165, 1.54) is 19.3 Å². The molecule has 110 valence electrons. The fourth-order valence-electron chi connectivity index (χ4n) is 2.50. The van der Waals surface area contributed by atoms with Gasteiger partial charge in [0.15, 0.2) is 0 Å². The van der Waals surface area contributed by atoms with Crippen molar-refractivity contribution in [2.24, 2.45) is 5.92 Å². The van der Waals surface area contributed by atoms with Gasteiger partial charge in [-0.15, -0.1) is 0 Å². The second-order valence-electron chi connectivity index (χ2n) is 5.82. The summed E-state index contributed by atoms with van der Waals surface area (Å²) in [5.74, 6) is 0.660. The smallest absolute Gasteiger partial charge is 0.315 e. The number of nitrogens with one attached hydrogen (secondary N) is 2. The molecule has 2 aliphatic rings. The van der Waals surface area contributed by atoms with Gasteiger partial charge in [-0.3, -0.25) is 0 Å². The van der Waals surface area contributed by atoms with Gasteiger partial charge in [-0.1, -0.05) is 6.42 Å². The summed E-state index contributed by atoms with van der Waals surface area (Å²) in [6.45, 7) is 6.05. The molecular weight excluding hydrogens is 244 g/mol. The van der Waals surface area contributed by atoms with Gasteiger partial charge in [0.25, 0.3) is 0 Å². The lowest BCUT2D eigenvalue weighted by Crippen LogP contribution is -2.49. The summed E-state index contributed by atoms with van der Waals surface area (Å²) in [4.78, 5) is 11.8. The molecule has 0 aromatic carbocycles. The van der Waals surface area contributed by atoms with Crippen molar-refractivity contribution in [2.75, 3.05) is 19.8 Å². The monoisotopic (exact) mass is 270 g/mol. The Morgan fingerprint density at radius 2 is 2.11 bits per heavy atom. The Morgan fingerprint density at radius 3 is 2.68 bits per heavy atom. The number of hydrogen-bond donors (Lipinski definition) is 2. The number of carbonyl (C=O) groups is 1. The third-order valence-electron chi connectivity index (χ3n) is 4.06. The molecule has 1 aliphatic heterocycles. The highest BCUT2D eigenvalue weighted by atomic mass is 16.5. The van der Waals surface area contributed by atoms with E-state index in [-0.39, 0.29) is 24.2 Å². The van der Waals surface area contributed by atoms with Crippen LogP contribution in [0, 0.1) is 5.92 Å². The van der Waals surface area contributed by atoms with Crippen LogP contribution >= 0.6 is 0 Å². The van der Waals surface area contributed by atoms with Crippen molar-refractivity contribution in [1.29, 1.82) is 0 Å². The highest BCUT2D eigenvalue weighted by Crippen LogP contribution is 2.29. The van der Waals surface area contributed by atoms with Crippen molar-refractivity contribution >= 4 is 6.03 Å². The van der Waals surface area contributed by atoms with Gasteiger partial charge >= 0.3 is 6.03 Å². The molecule has 5 nitrogen and oxygen atoms in total. The molecule has 2 N–H and O–H groups in total. The average molecular weight is 270 g/mol. The van der Waals surface area contributed by atoms with Gasteiger partial charge in [0.2, 0.25) is 0 Å². The molecule has 3 atom stereocenters. The molecular formula is C14H26N2O3. The molecule has 1 aliphatic carbocycles. The van der Waals surface area contributed by atoms with Crippen LogP contribution in [0.15, 0.2) is 0 Å². The van der Waals surface area contributed by atoms with Gasteiger partial charge in [-0.2, -0.15) is 0 Å². The predicted octanol–water partition coefficient (Wildman–Crippen LogP) is 1.67. The van der Waals surface area contributed by atoms with Crippen molar-refractivity contribution in [1.82, 2.24) is 10.6 Å². The summed E-state index contributed by atoms with van der Waals surface area (Å²) in [5, 5.41) is 5.93. The van der Waals surface area contributed by atoms with Crippen LogP contribution < -0.4 is 10.6 Å². The average Bonchev–Trinajstić information content (AvgIpc) is 2.75. The summed E-state index contributed by atoms with van der Waals surface area (Å²) >= 11 is 0. The molecule has 0 unspecified atom stereocenters. The first-order chi connectivity index (χ1) is 9.15. The van der Waals surface area contributed by atoms with Crippen LogP contribution in [-0.4, -0.2) is 44.0 Å². The van der Waals surface area contributed by atoms with Crippen molar-refractivity contribution in [3.8, 4) is 0 Å². The Hall–Kier alpha value is -0.810. The topological polar surface area (TPSA) is 59.6 Å². The van der Waals surface area contributed by atoms with E-state index in [9.17, 15) is 4.79 Å². The van der Waals surface area contributed by atoms with E-state index >= 15 is 0 Å². The van der Waals surface area contributed by atoms with Crippen LogP contribution in [0.2, 0.25) is 0 Å². The molecule has 2 amide bonds. The maximum absolute atomic E-state index is 11.8. The maximum atomic E-state index is 11.8. The van der Waals surface area contributed by atoms with Gasteiger partial charge < -0.3 is 20.1 Å². The Morgan fingerprint density at radius 1 is 1.32 bits per heavy atom. The van der Waals surface area contributed by atoms with Crippen molar-refractivity contribution in [2.45, 2.75) is 57.7 Å². The van der Waals surface area contributed by atoms with Crippen LogP contribution in [0.4, 0.5) is 4.79 Å². The first-order valence-corrected chi connectivity index (χ1v) is 7.41.